The van der Waals surface area contributed by atoms with E-state index in [0.29, 0.717) is 5.82 Å². The number of hydrogen-bond acceptors (Lipinski definition) is 4. The highest BCUT2D eigenvalue weighted by Gasteiger charge is 2.20. The molecule has 0 saturated carbocycles. The lowest BCUT2D eigenvalue weighted by Crippen LogP contribution is -2.32. The second-order valence-electron chi connectivity index (χ2n) is 4.99. The van der Waals surface area contributed by atoms with Crippen molar-refractivity contribution in [1.82, 2.24) is 25.2 Å². The zero-order valence-corrected chi connectivity index (χ0v) is 12.3. The van der Waals surface area contributed by atoms with E-state index in [4.69, 9.17) is 0 Å². The van der Waals surface area contributed by atoms with Crippen LogP contribution in [0.4, 0.5) is 5.69 Å². The number of benzene rings is 1. The highest BCUT2D eigenvalue weighted by Crippen LogP contribution is 2.23. The van der Waals surface area contributed by atoms with E-state index in [2.05, 4.69) is 20.6 Å². The summed E-state index contributed by atoms with van der Waals surface area (Å²) in [6.07, 6.45) is 3.76. The fraction of sp³-hybridized carbons (Fsp3) is 0.200. The van der Waals surface area contributed by atoms with Crippen LogP contribution < -0.4 is 4.90 Å². The van der Waals surface area contributed by atoms with Gasteiger partial charge in [0, 0.05) is 30.7 Å². The molecule has 22 heavy (non-hydrogen) atoms. The monoisotopic (exact) mass is 296 g/mol. The minimum atomic E-state index is -0.270. The summed E-state index contributed by atoms with van der Waals surface area (Å²) in [4.78, 5) is 14.2. The third-order valence-corrected chi connectivity index (χ3v) is 3.60. The summed E-state index contributed by atoms with van der Waals surface area (Å²) < 4.78 is 1.88. The molecule has 112 valence electrons. The molecule has 1 N–H and O–H groups in total. The number of nitrogens with one attached hydrogen (secondary N) is 1. The molecule has 3 aromatic rings. The summed E-state index contributed by atoms with van der Waals surface area (Å²) in [5.74, 6) is 0.502. The highest BCUT2D eigenvalue weighted by molar-refractivity contribution is 5.95. The number of amides is 1. The molecule has 0 radical (unpaired) electrons. The van der Waals surface area contributed by atoms with Crippen LogP contribution in [0, 0.1) is 0 Å². The molecule has 1 unspecified atom stereocenters. The van der Waals surface area contributed by atoms with E-state index in [1.165, 1.54) is 0 Å². The average Bonchev–Trinajstić information content (AvgIpc) is 3.25. The number of rotatable bonds is 4. The normalized spacial score (nSPS) is 12.1. The van der Waals surface area contributed by atoms with Crippen molar-refractivity contribution < 1.29 is 4.79 Å². The molecule has 0 aliphatic carbocycles. The van der Waals surface area contributed by atoms with Gasteiger partial charge in [-0.25, -0.2) is 0 Å². The van der Waals surface area contributed by atoms with Gasteiger partial charge in [0.1, 0.15) is 6.04 Å². The lowest BCUT2D eigenvalue weighted by Gasteiger charge is -2.22. The fourth-order valence-corrected chi connectivity index (χ4v) is 2.28. The van der Waals surface area contributed by atoms with Crippen molar-refractivity contribution in [3.63, 3.8) is 0 Å². The van der Waals surface area contributed by atoms with Crippen molar-refractivity contribution in [3.8, 4) is 11.4 Å². The SMILES string of the molecule is CC(C(=O)N(C)c1cccc(-c2nn[nH]n2)c1)n1cccc1. The number of nitrogens with zero attached hydrogens (tertiary/aromatic N) is 5. The number of anilines is 1. The van der Waals surface area contributed by atoms with E-state index < -0.39 is 0 Å². The molecular weight excluding hydrogens is 280 g/mol. The van der Waals surface area contributed by atoms with Crippen molar-refractivity contribution in [2.45, 2.75) is 13.0 Å². The number of carbonyl (C=O) groups excluding carboxylic acids is 1. The van der Waals surface area contributed by atoms with Crippen LogP contribution in [0.1, 0.15) is 13.0 Å². The molecule has 7 heteroatoms. The Kier molecular flexibility index (Phi) is 3.69. The average molecular weight is 296 g/mol. The largest absolute Gasteiger partial charge is 0.342 e. The molecule has 0 spiro atoms. The Balaban J connectivity index is 1.84. The molecule has 0 bridgehead atoms. The maximum Gasteiger partial charge on any atom is 0.249 e. The topological polar surface area (TPSA) is 79.7 Å². The van der Waals surface area contributed by atoms with Gasteiger partial charge in [-0.05, 0) is 36.4 Å². The maximum atomic E-state index is 12.6. The highest BCUT2D eigenvalue weighted by atomic mass is 16.2. The van der Waals surface area contributed by atoms with Gasteiger partial charge in [0.05, 0.1) is 0 Å². The molecule has 1 atom stereocenters. The first-order valence-electron chi connectivity index (χ1n) is 6.90. The summed E-state index contributed by atoms with van der Waals surface area (Å²) in [5.41, 5.74) is 1.59. The van der Waals surface area contributed by atoms with E-state index in [0.717, 1.165) is 11.3 Å². The summed E-state index contributed by atoms with van der Waals surface area (Å²) in [6.45, 7) is 1.88. The second kappa shape index (κ2) is 5.80. The molecule has 3 rings (SSSR count). The lowest BCUT2D eigenvalue weighted by atomic mass is 10.1. The number of carbonyl (C=O) groups is 1. The summed E-state index contributed by atoms with van der Waals surface area (Å²) in [5, 5.41) is 13.9. The zero-order valence-electron chi connectivity index (χ0n) is 12.3. The van der Waals surface area contributed by atoms with E-state index >= 15 is 0 Å². The van der Waals surface area contributed by atoms with Crippen molar-refractivity contribution in [2.24, 2.45) is 0 Å². The number of tetrazole rings is 1. The third kappa shape index (κ3) is 2.60. The van der Waals surface area contributed by atoms with Crippen molar-refractivity contribution in [1.29, 1.82) is 0 Å². The molecule has 2 aromatic heterocycles. The van der Waals surface area contributed by atoms with Gasteiger partial charge in [0.2, 0.25) is 11.7 Å². The van der Waals surface area contributed by atoms with Crippen molar-refractivity contribution in [2.75, 3.05) is 11.9 Å². The third-order valence-electron chi connectivity index (χ3n) is 3.60. The Labute approximate surface area is 127 Å². The maximum absolute atomic E-state index is 12.6. The second-order valence-corrected chi connectivity index (χ2v) is 4.99. The molecule has 0 aliphatic heterocycles. The van der Waals surface area contributed by atoms with Gasteiger partial charge in [-0.2, -0.15) is 5.21 Å². The van der Waals surface area contributed by atoms with E-state index in [1.807, 2.05) is 60.3 Å². The minimum Gasteiger partial charge on any atom is -0.342 e. The first-order valence-corrected chi connectivity index (χ1v) is 6.90. The van der Waals surface area contributed by atoms with Crippen LogP contribution >= 0.6 is 0 Å². The Bertz CT molecular complexity index is 750. The first kappa shape index (κ1) is 14.0. The standard InChI is InChI=1S/C15H16N6O/c1-11(21-8-3-4-9-21)15(22)20(2)13-7-5-6-12(10-13)14-16-18-19-17-14/h3-11H,1-2H3,(H,16,17,18,19). The van der Waals surface area contributed by atoms with Gasteiger partial charge in [0.15, 0.2) is 0 Å². The summed E-state index contributed by atoms with van der Waals surface area (Å²) in [6, 6.07) is 11.0. The van der Waals surface area contributed by atoms with Crippen LogP contribution in [0.5, 0.6) is 0 Å². The Morgan fingerprint density at radius 1 is 1.27 bits per heavy atom. The zero-order chi connectivity index (χ0) is 15.5. The van der Waals surface area contributed by atoms with E-state index in [9.17, 15) is 4.79 Å². The molecule has 0 fully saturated rings. The van der Waals surface area contributed by atoms with E-state index in [-0.39, 0.29) is 11.9 Å². The quantitative estimate of drug-likeness (QED) is 0.797. The predicted octanol–water partition coefficient (Wildman–Crippen LogP) is 1.89. The van der Waals surface area contributed by atoms with Gasteiger partial charge in [-0.3, -0.25) is 4.79 Å². The minimum absolute atomic E-state index is 0.00135. The van der Waals surface area contributed by atoms with Crippen molar-refractivity contribution in [3.05, 3.63) is 48.8 Å². The predicted molar refractivity (Wildman–Crippen MR) is 82.2 cm³/mol. The molecule has 1 amide bonds. The van der Waals surface area contributed by atoms with Crippen LogP contribution in [0.3, 0.4) is 0 Å². The molecular formula is C15H16N6O. The van der Waals surface area contributed by atoms with Gasteiger partial charge in [-0.15, -0.1) is 10.2 Å². The lowest BCUT2D eigenvalue weighted by molar-refractivity contribution is -0.121. The summed E-state index contributed by atoms with van der Waals surface area (Å²) >= 11 is 0. The van der Waals surface area contributed by atoms with Crippen LogP contribution in [0.2, 0.25) is 0 Å². The molecule has 1 aromatic carbocycles. The molecule has 0 aliphatic rings. The summed E-state index contributed by atoms with van der Waals surface area (Å²) in [7, 11) is 1.76. The Morgan fingerprint density at radius 3 is 2.73 bits per heavy atom. The van der Waals surface area contributed by atoms with Crippen LogP contribution in [-0.4, -0.2) is 38.1 Å². The van der Waals surface area contributed by atoms with E-state index in [1.54, 1.807) is 11.9 Å². The fourth-order valence-electron chi connectivity index (χ4n) is 2.28. The van der Waals surface area contributed by atoms with Gasteiger partial charge < -0.3 is 9.47 Å². The number of aromatic amines is 1. The van der Waals surface area contributed by atoms with Gasteiger partial charge in [0.25, 0.3) is 0 Å². The number of aromatic nitrogens is 5. The van der Waals surface area contributed by atoms with Gasteiger partial charge in [-0.1, -0.05) is 12.1 Å². The number of H-pyrrole nitrogens is 1. The number of likely N-dealkylation sites (N-methyl/N-ethyl adjacent to an activating group) is 1. The molecule has 2 heterocycles. The number of hydrogen-bond donors (Lipinski definition) is 1. The van der Waals surface area contributed by atoms with Crippen LogP contribution in [0.25, 0.3) is 11.4 Å². The first-order chi connectivity index (χ1) is 10.7. The Hall–Kier alpha value is -2.96. The van der Waals surface area contributed by atoms with Crippen LogP contribution in [0.15, 0.2) is 48.8 Å². The van der Waals surface area contributed by atoms with Crippen LogP contribution in [-0.2, 0) is 4.79 Å². The van der Waals surface area contributed by atoms with Gasteiger partial charge >= 0.3 is 0 Å². The van der Waals surface area contributed by atoms with Crippen molar-refractivity contribution >= 4 is 11.6 Å². The molecule has 0 saturated heterocycles. The molecule has 7 nitrogen and oxygen atoms in total. The smallest absolute Gasteiger partial charge is 0.249 e. The Morgan fingerprint density at radius 2 is 2.05 bits per heavy atom.